The van der Waals surface area contributed by atoms with Crippen molar-refractivity contribution in [3.63, 3.8) is 0 Å². The Morgan fingerprint density at radius 1 is 1.15 bits per heavy atom. The van der Waals surface area contributed by atoms with Crippen molar-refractivity contribution < 1.29 is 24.5 Å². The number of nitrogens with one attached hydrogen (secondary N) is 2. The van der Waals surface area contributed by atoms with Crippen LogP contribution in [0.3, 0.4) is 0 Å². The van der Waals surface area contributed by atoms with Gasteiger partial charge in [-0.3, -0.25) is 29.7 Å². The molecule has 1 aromatic heterocycles. The lowest BCUT2D eigenvalue weighted by molar-refractivity contribution is -0.384. The van der Waals surface area contributed by atoms with E-state index < -0.39 is 22.9 Å². The number of hydrogen-bond donors (Lipinski definition) is 3. The highest BCUT2D eigenvalue weighted by Crippen LogP contribution is 2.43. The van der Waals surface area contributed by atoms with Gasteiger partial charge in [-0.1, -0.05) is 48.7 Å². The summed E-state index contributed by atoms with van der Waals surface area (Å²) in [4.78, 5) is 56.2. The maximum absolute atomic E-state index is 13.7. The van der Waals surface area contributed by atoms with Gasteiger partial charge in [-0.15, -0.1) is 0 Å². The van der Waals surface area contributed by atoms with Crippen molar-refractivity contribution in [2.24, 2.45) is 0 Å². The largest absolute Gasteiger partial charge is 0.356 e. The second-order valence-electron chi connectivity index (χ2n) is 9.91. The molecule has 5 rings (SSSR count). The molecule has 39 heavy (non-hydrogen) atoms. The monoisotopic (exact) mass is 553 g/mol. The number of fused-ring (bicyclic) bond motifs is 4. The number of para-hydroxylation sites is 1. The Balaban J connectivity index is 1.44. The number of piperazine rings is 1. The van der Waals surface area contributed by atoms with Crippen LogP contribution >= 0.6 is 11.6 Å². The van der Waals surface area contributed by atoms with Crippen LogP contribution in [-0.4, -0.2) is 61.8 Å². The highest BCUT2D eigenvalue weighted by atomic mass is 35.5. The number of aromatic amines is 1. The minimum atomic E-state index is -0.744. The molecule has 0 saturated carbocycles. The van der Waals surface area contributed by atoms with Crippen molar-refractivity contribution >= 4 is 45.9 Å². The van der Waals surface area contributed by atoms with E-state index in [2.05, 4.69) is 4.98 Å². The molecule has 11 nitrogen and oxygen atoms in total. The Kier molecular flexibility index (Phi) is 7.53. The van der Waals surface area contributed by atoms with Crippen LogP contribution in [0.25, 0.3) is 10.9 Å². The minimum Gasteiger partial charge on any atom is -0.356 e. The van der Waals surface area contributed by atoms with Gasteiger partial charge in [0.2, 0.25) is 17.7 Å². The first-order valence-electron chi connectivity index (χ1n) is 12.9. The van der Waals surface area contributed by atoms with E-state index in [9.17, 15) is 24.5 Å². The number of carbonyl (C=O) groups is 3. The van der Waals surface area contributed by atoms with E-state index in [1.807, 2.05) is 24.3 Å². The number of nitrogens with zero attached hydrogens (tertiary/aromatic N) is 3. The van der Waals surface area contributed by atoms with Crippen LogP contribution in [0.1, 0.15) is 55.0 Å². The normalized spacial score (nSPS) is 18.7. The lowest BCUT2D eigenvalue weighted by Gasteiger charge is -2.47. The van der Waals surface area contributed by atoms with Crippen molar-refractivity contribution in [3.05, 3.63) is 74.4 Å². The van der Waals surface area contributed by atoms with Gasteiger partial charge in [0.15, 0.2) is 0 Å². The first kappa shape index (κ1) is 26.6. The molecule has 3 heterocycles. The number of nitro benzene ring substituents is 1. The predicted molar refractivity (Wildman–Crippen MR) is 142 cm³/mol. The predicted octanol–water partition coefficient (Wildman–Crippen LogP) is 3.87. The minimum absolute atomic E-state index is 0.00260. The number of aromatic nitrogens is 1. The highest BCUT2D eigenvalue weighted by molar-refractivity contribution is 6.32. The maximum atomic E-state index is 13.7. The molecular weight excluding hydrogens is 526 g/mol. The fourth-order valence-corrected chi connectivity index (χ4v) is 5.88. The van der Waals surface area contributed by atoms with Gasteiger partial charge in [0.05, 0.1) is 17.5 Å². The van der Waals surface area contributed by atoms with Crippen LogP contribution in [0.15, 0.2) is 42.5 Å². The van der Waals surface area contributed by atoms with Crippen molar-refractivity contribution in [3.8, 4) is 0 Å². The van der Waals surface area contributed by atoms with Crippen molar-refractivity contribution in [2.45, 2.75) is 50.6 Å². The van der Waals surface area contributed by atoms with Crippen molar-refractivity contribution in [1.82, 2.24) is 20.3 Å². The molecular formula is C27H28ClN5O6. The number of hydroxylamine groups is 1. The Hall–Kier alpha value is -3.96. The van der Waals surface area contributed by atoms with E-state index in [0.717, 1.165) is 35.0 Å². The topological polar surface area (TPSA) is 149 Å². The average Bonchev–Trinajstić information content (AvgIpc) is 3.30. The highest BCUT2D eigenvalue weighted by Gasteiger charge is 2.48. The summed E-state index contributed by atoms with van der Waals surface area (Å²) >= 11 is 6.08. The lowest BCUT2D eigenvalue weighted by Crippen LogP contribution is -2.63. The Labute approximate surface area is 228 Å². The van der Waals surface area contributed by atoms with Gasteiger partial charge < -0.3 is 14.8 Å². The van der Waals surface area contributed by atoms with Crippen LogP contribution in [-0.2, 0) is 20.8 Å². The summed E-state index contributed by atoms with van der Waals surface area (Å²) in [5.41, 5.74) is 4.38. The van der Waals surface area contributed by atoms with Gasteiger partial charge in [-0.2, -0.15) is 0 Å². The van der Waals surface area contributed by atoms with E-state index >= 15 is 0 Å². The second-order valence-corrected chi connectivity index (χ2v) is 10.3. The summed E-state index contributed by atoms with van der Waals surface area (Å²) in [5, 5.41) is 21.2. The van der Waals surface area contributed by atoms with Crippen molar-refractivity contribution in [2.75, 3.05) is 13.1 Å². The second kappa shape index (κ2) is 11.0. The fourth-order valence-electron chi connectivity index (χ4n) is 5.70. The third-order valence-corrected chi connectivity index (χ3v) is 7.85. The maximum Gasteiger partial charge on any atom is 0.288 e. The summed E-state index contributed by atoms with van der Waals surface area (Å²) in [7, 11) is 0. The molecule has 3 aromatic rings. The number of benzene rings is 2. The SMILES string of the molecule is O=C(CCCCCCN1CC(=O)N2[C@@H](c3ccc(Cl)c([N+](=O)[O-])c3)c3[nH]c4ccccc4c3C[C@H]2C1=O)NO. The molecule has 0 radical (unpaired) electrons. The Bertz CT molecular complexity index is 1460. The van der Waals surface area contributed by atoms with Crippen LogP contribution in [0.4, 0.5) is 5.69 Å². The molecule has 2 aromatic carbocycles. The number of amides is 3. The number of unbranched alkanes of at least 4 members (excludes halogenated alkanes) is 3. The summed E-state index contributed by atoms with van der Waals surface area (Å²) < 4.78 is 0. The summed E-state index contributed by atoms with van der Waals surface area (Å²) in [6.07, 6.45) is 3.39. The summed E-state index contributed by atoms with van der Waals surface area (Å²) in [6.45, 7) is 0.336. The molecule has 3 amide bonds. The molecule has 2 atom stereocenters. The zero-order valence-electron chi connectivity index (χ0n) is 21.1. The standard InChI is InChI=1S/C27H28ClN5O6/c28-19-11-10-16(13-21(19)33(38)39)26-25-18(17-7-4-5-8-20(17)29-25)14-22-27(36)31(15-24(35)32(22)26)12-6-2-1-3-9-23(34)30-37/h4-5,7-8,10-11,13,22,26,29,37H,1-3,6,9,12,14-15H2,(H,30,34)/t22-,26-/m0/s1. The molecule has 12 heteroatoms. The third-order valence-electron chi connectivity index (χ3n) is 7.53. The van der Waals surface area contributed by atoms with Gasteiger partial charge in [0, 0.05) is 42.0 Å². The van der Waals surface area contributed by atoms with Gasteiger partial charge in [-0.25, -0.2) is 5.48 Å². The molecule has 0 aliphatic carbocycles. The van der Waals surface area contributed by atoms with Gasteiger partial charge in [-0.05, 0) is 36.1 Å². The first-order valence-corrected chi connectivity index (χ1v) is 13.2. The third kappa shape index (κ3) is 5.07. The molecule has 2 aliphatic heterocycles. The van der Waals surface area contributed by atoms with E-state index in [4.69, 9.17) is 16.8 Å². The van der Waals surface area contributed by atoms with E-state index in [-0.39, 0.29) is 35.5 Å². The average molecular weight is 554 g/mol. The number of H-pyrrole nitrogens is 1. The summed E-state index contributed by atoms with van der Waals surface area (Å²) in [6, 6.07) is 10.7. The number of nitro groups is 1. The number of carbonyl (C=O) groups excluding carboxylic acids is 3. The van der Waals surface area contributed by atoms with Gasteiger partial charge in [0.1, 0.15) is 11.1 Å². The zero-order valence-corrected chi connectivity index (χ0v) is 21.8. The zero-order chi connectivity index (χ0) is 27.7. The molecule has 204 valence electrons. The number of hydrogen-bond acceptors (Lipinski definition) is 6. The molecule has 2 aliphatic rings. The van der Waals surface area contributed by atoms with Gasteiger partial charge >= 0.3 is 0 Å². The van der Waals surface area contributed by atoms with Crippen LogP contribution in [0.2, 0.25) is 5.02 Å². The Morgan fingerprint density at radius 2 is 1.92 bits per heavy atom. The first-order chi connectivity index (χ1) is 18.8. The molecule has 1 fully saturated rings. The molecule has 3 N–H and O–H groups in total. The Morgan fingerprint density at radius 3 is 2.69 bits per heavy atom. The van der Waals surface area contributed by atoms with E-state index in [1.165, 1.54) is 12.1 Å². The number of rotatable bonds is 9. The molecule has 0 bridgehead atoms. The van der Waals surface area contributed by atoms with E-state index in [0.29, 0.717) is 31.4 Å². The van der Waals surface area contributed by atoms with Crippen LogP contribution < -0.4 is 5.48 Å². The quantitative estimate of drug-likeness (QED) is 0.158. The smallest absolute Gasteiger partial charge is 0.288 e. The fraction of sp³-hybridized carbons (Fsp3) is 0.370. The molecule has 0 spiro atoms. The van der Waals surface area contributed by atoms with Crippen molar-refractivity contribution in [1.29, 1.82) is 0 Å². The molecule has 0 unspecified atom stereocenters. The summed E-state index contributed by atoms with van der Waals surface area (Å²) in [5.74, 6) is -0.814. The molecule has 1 saturated heterocycles. The van der Waals surface area contributed by atoms with Gasteiger partial charge in [0.25, 0.3) is 5.69 Å². The van der Waals surface area contributed by atoms with Crippen LogP contribution in [0.5, 0.6) is 0 Å². The lowest BCUT2D eigenvalue weighted by atomic mass is 9.86. The van der Waals surface area contributed by atoms with E-state index in [1.54, 1.807) is 21.3 Å². The number of halogens is 1. The van der Waals surface area contributed by atoms with Crippen LogP contribution in [0, 0.1) is 10.1 Å².